The van der Waals surface area contributed by atoms with Gasteiger partial charge in [0.2, 0.25) is 0 Å². The van der Waals surface area contributed by atoms with Gasteiger partial charge < -0.3 is 15.4 Å². The van der Waals surface area contributed by atoms with E-state index in [1.807, 2.05) is 4.90 Å². The molecule has 104 valence electrons. The number of carbonyl (C=O) groups is 1. The molecule has 19 heavy (non-hydrogen) atoms. The summed E-state index contributed by atoms with van der Waals surface area (Å²) < 4.78 is 5.28. The normalized spacial score (nSPS) is 19.9. The topological polar surface area (TPSA) is 55.6 Å². The zero-order chi connectivity index (χ0) is 13.8. The maximum atomic E-state index is 12.7. The second kappa shape index (κ2) is 5.95. The molecule has 1 fully saturated rings. The molecule has 1 amide bonds. The summed E-state index contributed by atoms with van der Waals surface area (Å²) in [7, 11) is 1.57. The van der Waals surface area contributed by atoms with Crippen molar-refractivity contribution in [2.75, 3.05) is 19.4 Å². The second-order valence-electron chi connectivity index (χ2n) is 5.12. The minimum Gasteiger partial charge on any atom is -0.496 e. The fourth-order valence-corrected chi connectivity index (χ4v) is 2.67. The highest BCUT2D eigenvalue weighted by Gasteiger charge is 2.26. The van der Waals surface area contributed by atoms with E-state index in [9.17, 15) is 4.79 Å². The molecule has 1 heterocycles. The Morgan fingerprint density at radius 3 is 2.89 bits per heavy atom. The first kappa shape index (κ1) is 13.7. The summed E-state index contributed by atoms with van der Waals surface area (Å²) in [6.07, 6.45) is 4.49. The predicted molar refractivity (Wildman–Crippen MR) is 76.4 cm³/mol. The molecule has 4 nitrogen and oxygen atoms in total. The van der Waals surface area contributed by atoms with Crippen molar-refractivity contribution < 1.29 is 9.53 Å². The summed E-state index contributed by atoms with van der Waals surface area (Å²) in [5.41, 5.74) is 6.95. The van der Waals surface area contributed by atoms with Crippen LogP contribution >= 0.6 is 0 Å². The average Bonchev–Trinajstić information content (AvgIpc) is 2.62. The van der Waals surface area contributed by atoms with Crippen LogP contribution in [0.25, 0.3) is 0 Å². The summed E-state index contributed by atoms with van der Waals surface area (Å²) in [6, 6.07) is 5.60. The molecule has 2 rings (SSSR count). The lowest BCUT2D eigenvalue weighted by Gasteiger charge is -2.28. The Labute approximate surface area is 114 Å². The Kier molecular flexibility index (Phi) is 4.30. The van der Waals surface area contributed by atoms with Crippen molar-refractivity contribution >= 4 is 11.6 Å². The third-order valence-electron chi connectivity index (χ3n) is 3.81. The molecule has 0 bridgehead atoms. The second-order valence-corrected chi connectivity index (χ2v) is 5.12. The summed E-state index contributed by atoms with van der Waals surface area (Å²) >= 11 is 0. The Bertz CT molecular complexity index is 459. The molecular weight excluding hydrogens is 240 g/mol. The fourth-order valence-electron chi connectivity index (χ4n) is 2.67. The minimum absolute atomic E-state index is 0.00986. The number of carbonyl (C=O) groups excluding carboxylic acids is 1. The molecule has 1 aliphatic heterocycles. The number of hydrogen-bond acceptors (Lipinski definition) is 3. The highest BCUT2D eigenvalue weighted by molar-refractivity contribution is 6.02. The van der Waals surface area contributed by atoms with Crippen LogP contribution in [0.4, 0.5) is 5.69 Å². The van der Waals surface area contributed by atoms with Crippen molar-refractivity contribution in [2.45, 2.75) is 38.6 Å². The Morgan fingerprint density at radius 1 is 1.37 bits per heavy atom. The van der Waals surface area contributed by atoms with Gasteiger partial charge in [0.05, 0.1) is 7.11 Å². The van der Waals surface area contributed by atoms with Crippen molar-refractivity contribution in [2.24, 2.45) is 0 Å². The van der Waals surface area contributed by atoms with E-state index in [4.69, 9.17) is 10.5 Å². The van der Waals surface area contributed by atoms with Crippen LogP contribution in [-0.4, -0.2) is 30.5 Å². The summed E-state index contributed by atoms with van der Waals surface area (Å²) in [5.74, 6) is 0.547. The third-order valence-corrected chi connectivity index (χ3v) is 3.81. The Morgan fingerprint density at radius 2 is 2.16 bits per heavy atom. The molecule has 2 N–H and O–H groups in total. The zero-order valence-corrected chi connectivity index (χ0v) is 11.7. The lowest BCUT2D eigenvalue weighted by Crippen LogP contribution is -2.38. The molecular formula is C15H22N2O2. The van der Waals surface area contributed by atoms with Gasteiger partial charge in [0.25, 0.3) is 5.91 Å². The number of rotatable bonds is 2. The van der Waals surface area contributed by atoms with Gasteiger partial charge in [0.1, 0.15) is 11.3 Å². The summed E-state index contributed by atoms with van der Waals surface area (Å²) in [4.78, 5) is 14.7. The highest BCUT2D eigenvalue weighted by atomic mass is 16.5. The van der Waals surface area contributed by atoms with Gasteiger partial charge in [-0.15, -0.1) is 0 Å². The minimum atomic E-state index is -0.00986. The van der Waals surface area contributed by atoms with E-state index in [-0.39, 0.29) is 11.9 Å². The molecule has 0 aromatic heterocycles. The number of nitrogens with two attached hydrogens (primary N) is 1. The van der Waals surface area contributed by atoms with Gasteiger partial charge in [0.15, 0.2) is 0 Å². The lowest BCUT2D eigenvalue weighted by molar-refractivity contribution is 0.0695. The van der Waals surface area contributed by atoms with Gasteiger partial charge >= 0.3 is 0 Å². The van der Waals surface area contributed by atoms with E-state index in [0.717, 1.165) is 19.4 Å². The average molecular weight is 262 g/mol. The molecule has 0 saturated carbocycles. The largest absolute Gasteiger partial charge is 0.496 e. The van der Waals surface area contributed by atoms with Crippen molar-refractivity contribution in [3.8, 4) is 5.75 Å². The van der Waals surface area contributed by atoms with Gasteiger partial charge in [-0.05, 0) is 31.9 Å². The van der Waals surface area contributed by atoms with Gasteiger partial charge in [-0.3, -0.25) is 4.79 Å². The molecule has 4 heteroatoms. The number of nitrogens with zero attached hydrogens (tertiary/aromatic N) is 1. The monoisotopic (exact) mass is 262 g/mol. The molecule has 1 aliphatic rings. The van der Waals surface area contributed by atoms with Gasteiger partial charge in [-0.25, -0.2) is 0 Å². The quantitative estimate of drug-likeness (QED) is 0.834. The van der Waals surface area contributed by atoms with Crippen LogP contribution in [-0.2, 0) is 0 Å². The van der Waals surface area contributed by atoms with E-state index in [2.05, 4.69) is 6.92 Å². The van der Waals surface area contributed by atoms with Crippen LogP contribution in [0.3, 0.4) is 0 Å². The molecule has 1 atom stereocenters. The Hall–Kier alpha value is -1.71. The van der Waals surface area contributed by atoms with E-state index in [1.54, 1.807) is 25.3 Å². The number of ether oxygens (including phenoxy) is 1. The summed E-state index contributed by atoms with van der Waals surface area (Å²) in [5, 5.41) is 0. The maximum Gasteiger partial charge on any atom is 0.259 e. The molecule has 1 unspecified atom stereocenters. The first-order chi connectivity index (χ1) is 9.15. The molecule has 1 aromatic rings. The van der Waals surface area contributed by atoms with Crippen LogP contribution in [0, 0.1) is 0 Å². The standard InChI is InChI=1S/C15H22N2O2/c1-11-7-4-3-5-10-17(11)15(18)14-12(16)8-6-9-13(14)19-2/h6,8-9,11H,3-5,7,10,16H2,1-2H3. The van der Waals surface area contributed by atoms with E-state index in [0.29, 0.717) is 17.0 Å². The number of anilines is 1. The van der Waals surface area contributed by atoms with Crippen molar-refractivity contribution in [1.29, 1.82) is 0 Å². The van der Waals surface area contributed by atoms with E-state index < -0.39 is 0 Å². The SMILES string of the molecule is COc1cccc(N)c1C(=O)N1CCCCCC1C. The molecule has 0 radical (unpaired) electrons. The van der Waals surface area contributed by atoms with Crippen LogP contribution in [0.15, 0.2) is 18.2 Å². The smallest absolute Gasteiger partial charge is 0.259 e. The van der Waals surface area contributed by atoms with Crippen LogP contribution in [0.2, 0.25) is 0 Å². The number of nitrogen functional groups attached to an aromatic ring is 1. The first-order valence-corrected chi connectivity index (χ1v) is 6.88. The highest BCUT2D eigenvalue weighted by Crippen LogP contribution is 2.28. The Balaban J connectivity index is 2.32. The van der Waals surface area contributed by atoms with E-state index in [1.165, 1.54) is 12.8 Å². The molecule has 0 spiro atoms. The molecule has 1 aromatic carbocycles. The number of amides is 1. The molecule has 0 aliphatic carbocycles. The summed E-state index contributed by atoms with van der Waals surface area (Å²) in [6.45, 7) is 2.91. The van der Waals surface area contributed by atoms with Gasteiger partial charge in [-0.2, -0.15) is 0 Å². The van der Waals surface area contributed by atoms with Crippen LogP contribution < -0.4 is 10.5 Å². The maximum absolute atomic E-state index is 12.7. The predicted octanol–water partition coefficient (Wildman–Crippen LogP) is 2.68. The van der Waals surface area contributed by atoms with Crippen molar-refractivity contribution in [3.05, 3.63) is 23.8 Å². The number of methoxy groups -OCH3 is 1. The van der Waals surface area contributed by atoms with Crippen LogP contribution in [0.5, 0.6) is 5.75 Å². The number of benzene rings is 1. The van der Waals surface area contributed by atoms with Gasteiger partial charge in [0, 0.05) is 18.3 Å². The lowest BCUT2D eigenvalue weighted by atomic mass is 10.1. The van der Waals surface area contributed by atoms with Gasteiger partial charge in [-0.1, -0.05) is 18.9 Å². The zero-order valence-electron chi connectivity index (χ0n) is 11.7. The first-order valence-electron chi connectivity index (χ1n) is 6.88. The third kappa shape index (κ3) is 2.83. The fraction of sp³-hybridized carbons (Fsp3) is 0.533. The number of hydrogen-bond donors (Lipinski definition) is 1. The van der Waals surface area contributed by atoms with E-state index >= 15 is 0 Å². The molecule has 1 saturated heterocycles. The van der Waals surface area contributed by atoms with Crippen LogP contribution in [0.1, 0.15) is 43.0 Å². The van der Waals surface area contributed by atoms with Crippen molar-refractivity contribution in [1.82, 2.24) is 4.90 Å². The number of likely N-dealkylation sites (tertiary alicyclic amines) is 1. The van der Waals surface area contributed by atoms with Crippen molar-refractivity contribution in [3.63, 3.8) is 0 Å².